The Balaban J connectivity index is 2.26. The van der Waals surface area contributed by atoms with Gasteiger partial charge in [-0.15, -0.1) is 6.58 Å². The Morgan fingerprint density at radius 1 is 1.50 bits per heavy atom. The molecule has 0 amide bonds. The van der Waals surface area contributed by atoms with E-state index in [1.165, 1.54) is 6.07 Å². The molecule has 1 nitrogen and oxygen atoms in total. The van der Waals surface area contributed by atoms with Gasteiger partial charge in [-0.25, -0.2) is 4.39 Å². The number of halogens is 2. The molecule has 0 aliphatic heterocycles. The smallest absolute Gasteiger partial charge is 0.142 e. The highest BCUT2D eigenvalue weighted by atomic mass is 35.5. The van der Waals surface area contributed by atoms with Crippen LogP contribution in [0.15, 0.2) is 30.9 Å². The molecule has 0 aliphatic rings. The fraction of sp³-hybridized carbons (Fsp3) is 0.333. The average Bonchev–Trinajstić information content (AvgIpc) is 2.29. The zero-order chi connectivity index (χ0) is 11.8. The maximum Gasteiger partial charge on any atom is 0.142 e. The molecule has 0 atom stereocenters. The van der Waals surface area contributed by atoms with E-state index in [1.54, 1.807) is 6.07 Å². The van der Waals surface area contributed by atoms with E-state index >= 15 is 0 Å². The minimum absolute atomic E-state index is 0.216. The Kier molecular flexibility index (Phi) is 6.53. The van der Waals surface area contributed by atoms with Crippen molar-refractivity contribution in [2.75, 3.05) is 18.1 Å². The maximum absolute atomic E-state index is 13.1. The lowest BCUT2D eigenvalue weighted by Crippen LogP contribution is -2.17. The summed E-state index contributed by atoms with van der Waals surface area (Å²) in [5.74, 6) is 1.61. The Morgan fingerprint density at radius 2 is 2.31 bits per heavy atom. The van der Waals surface area contributed by atoms with Crippen LogP contribution in [0, 0.1) is 5.82 Å². The van der Waals surface area contributed by atoms with Crippen molar-refractivity contribution in [3.05, 3.63) is 47.3 Å². The van der Waals surface area contributed by atoms with Crippen LogP contribution in [0.1, 0.15) is 5.56 Å². The van der Waals surface area contributed by atoms with Crippen molar-refractivity contribution in [2.45, 2.75) is 6.54 Å². The van der Waals surface area contributed by atoms with Gasteiger partial charge in [-0.1, -0.05) is 29.8 Å². The van der Waals surface area contributed by atoms with Gasteiger partial charge < -0.3 is 5.32 Å². The second-order valence-corrected chi connectivity index (χ2v) is 4.78. The zero-order valence-corrected chi connectivity index (χ0v) is 10.6. The standard InChI is InChI=1S/C12H15ClFNS/c1-2-7-16-8-6-15-9-10-4-3-5-11(14)12(10)13/h2-5,15H,1,6-9H2. The molecular formula is C12H15ClFNS. The van der Waals surface area contributed by atoms with Crippen molar-refractivity contribution in [1.82, 2.24) is 5.32 Å². The summed E-state index contributed by atoms with van der Waals surface area (Å²) in [5, 5.41) is 3.44. The Bertz CT molecular complexity index is 344. The van der Waals surface area contributed by atoms with Gasteiger partial charge in [-0.05, 0) is 11.6 Å². The Morgan fingerprint density at radius 3 is 3.06 bits per heavy atom. The number of thioether (sulfide) groups is 1. The van der Waals surface area contributed by atoms with Gasteiger partial charge in [0, 0.05) is 24.6 Å². The molecule has 0 saturated heterocycles. The summed E-state index contributed by atoms with van der Waals surface area (Å²) in [7, 11) is 0. The first-order valence-electron chi connectivity index (χ1n) is 5.08. The molecule has 0 unspecified atom stereocenters. The van der Waals surface area contributed by atoms with Crippen LogP contribution in [0.4, 0.5) is 4.39 Å². The third-order valence-electron chi connectivity index (χ3n) is 2.01. The third kappa shape index (κ3) is 4.56. The number of nitrogens with one attached hydrogen (secondary N) is 1. The number of rotatable bonds is 7. The van der Waals surface area contributed by atoms with Crippen LogP contribution in [0.5, 0.6) is 0 Å². The first-order chi connectivity index (χ1) is 7.75. The molecule has 1 N–H and O–H groups in total. The van der Waals surface area contributed by atoms with Crippen molar-refractivity contribution in [3.63, 3.8) is 0 Å². The summed E-state index contributed by atoms with van der Waals surface area (Å²) in [4.78, 5) is 0. The molecule has 16 heavy (non-hydrogen) atoms. The molecule has 1 aromatic rings. The highest BCUT2D eigenvalue weighted by Crippen LogP contribution is 2.19. The van der Waals surface area contributed by atoms with Crippen molar-refractivity contribution < 1.29 is 4.39 Å². The fourth-order valence-electron chi connectivity index (χ4n) is 1.22. The number of hydrogen-bond donors (Lipinski definition) is 1. The van der Waals surface area contributed by atoms with Crippen LogP contribution < -0.4 is 5.32 Å². The summed E-state index contributed by atoms with van der Waals surface area (Å²) in [5.41, 5.74) is 0.801. The molecule has 0 saturated carbocycles. The SMILES string of the molecule is C=CCSCCNCc1cccc(F)c1Cl. The van der Waals surface area contributed by atoms with Crippen LogP contribution in [0.25, 0.3) is 0 Å². The summed E-state index contributed by atoms with van der Waals surface area (Å²) in [6.07, 6.45) is 1.88. The predicted molar refractivity (Wildman–Crippen MR) is 70.6 cm³/mol. The van der Waals surface area contributed by atoms with Crippen LogP contribution in [0.2, 0.25) is 5.02 Å². The van der Waals surface area contributed by atoms with Crippen LogP contribution in [0.3, 0.4) is 0 Å². The van der Waals surface area contributed by atoms with Crippen molar-refractivity contribution >= 4 is 23.4 Å². The number of benzene rings is 1. The molecule has 1 aromatic carbocycles. The largest absolute Gasteiger partial charge is 0.312 e. The van der Waals surface area contributed by atoms with Gasteiger partial charge >= 0.3 is 0 Å². The zero-order valence-electron chi connectivity index (χ0n) is 9.01. The van der Waals surface area contributed by atoms with E-state index in [0.717, 1.165) is 23.6 Å². The molecule has 1 rings (SSSR count). The van der Waals surface area contributed by atoms with Crippen LogP contribution in [-0.4, -0.2) is 18.1 Å². The normalized spacial score (nSPS) is 10.4. The molecule has 0 heterocycles. The monoisotopic (exact) mass is 259 g/mol. The molecule has 0 radical (unpaired) electrons. The van der Waals surface area contributed by atoms with E-state index in [-0.39, 0.29) is 10.8 Å². The summed E-state index contributed by atoms with van der Waals surface area (Å²) in [6, 6.07) is 4.87. The highest BCUT2D eigenvalue weighted by molar-refractivity contribution is 7.99. The van der Waals surface area contributed by atoms with Gasteiger partial charge in [-0.2, -0.15) is 11.8 Å². The first-order valence-corrected chi connectivity index (χ1v) is 6.61. The molecule has 0 bridgehead atoms. The highest BCUT2D eigenvalue weighted by Gasteiger charge is 2.04. The van der Waals surface area contributed by atoms with Crippen molar-refractivity contribution in [3.8, 4) is 0 Å². The van der Waals surface area contributed by atoms with Crippen molar-refractivity contribution in [2.24, 2.45) is 0 Å². The van der Waals surface area contributed by atoms with Crippen molar-refractivity contribution in [1.29, 1.82) is 0 Å². The van der Waals surface area contributed by atoms with Crippen LogP contribution in [-0.2, 0) is 6.54 Å². The first kappa shape index (κ1) is 13.6. The lowest BCUT2D eigenvalue weighted by Gasteiger charge is -2.06. The van der Waals surface area contributed by atoms with E-state index in [4.69, 9.17) is 11.6 Å². The number of hydrogen-bond acceptors (Lipinski definition) is 2. The van der Waals surface area contributed by atoms with Gasteiger partial charge in [0.05, 0.1) is 5.02 Å². The van der Waals surface area contributed by atoms with E-state index in [1.807, 2.05) is 23.9 Å². The third-order valence-corrected chi connectivity index (χ3v) is 3.39. The summed E-state index contributed by atoms with van der Waals surface area (Å²) < 4.78 is 13.1. The predicted octanol–water partition coefficient (Wildman–Crippen LogP) is 3.49. The van der Waals surface area contributed by atoms with Gasteiger partial charge in [0.1, 0.15) is 5.82 Å². The Labute approximate surface area is 105 Å². The van der Waals surface area contributed by atoms with Crippen LogP contribution >= 0.6 is 23.4 Å². The molecule has 0 aliphatic carbocycles. The molecule has 0 spiro atoms. The quantitative estimate of drug-likeness (QED) is 0.594. The maximum atomic E-state index is 13.1. The van der Waals surface area contributed by atoms with E-state index in [9.17, 15) is 4.39 Å². The minimum Gasteiger partial charge on any atom is -0.312 e. The molecule has 4 heteroatoms. The lowest BCUT2D eigenvalue weighted by molar-refractivity contribution is 0.622. The second kappa shape index (κ2) is 7.71. The van der Waals surface area contributed by atoms with Gasteiger partial charge in [0.25, 0.3) is 0 Å². The fourth-order valence-corrected chi connectivity index (χ4v) is 2.03. The molecule has 0 fully saturated rings. The molecule has 88 valence electrons. The lowest BCUT2D eigenvalue weighted by atomic mass is 10.2. The van der Waals surface area contributed by atoms with E-state index in [0.29, 0.717) is 6.54 Å². The molecular weight excluding hydrogens is 245 g/mol. The summed E-state index contributed by atoms with van der Waals surface area (Å²) >= 11 is 7.63. The van der Waals surface area contributed by atoms with E-state index < -0.39 is 0 Å². The molecule has 0 aromatic heterocycles. The van der Waals surface area contributed by atoms with Gasteiger partial charge in [-0.3, -0.25) is 0 Å². The van der Waals surface area contributed by atoms with Gasteiger partial charge in [0.2, 0.25) is 0 Å². The average molecular weight is 260 g/mol. The topological polar surface area (TPSA) is 12.0 Å². The minimum atomic E-state index is -0.359. The van der Waals surface area contributed by atoms with E-state index in [2.05, 4.69) is 11.9 Å². The summed E-state index contributed by atoms with van der Waals surface area (Å²) in [6.45, 7) is 5.13. The second-order valence-electron chi connectivity index (χ2n) is 3.25. The Hall–Kier alpha value is -0.510. The van der Waals surface area contributed by atoms with Gasteiger partial charge in [0.15, 0.2) is 0 Å².